The second-order valence-electron chi connectivity index (χ2n) is 4.91. The molecular formula is C17H17FN2O2. The van der Waals surface area contributed by atoms with E-state index in [1.54, 1.807) is 36.4 Å². The minimum atomic E-state index is -0.366. The first-order chi connectivity index (χ1) is 10.6. The van der Waals surface area contributed by atoms with E-state index in [1.165, 1.54) is 18.3 Å². The number of rotatable bonds is 5. The molecule has 4 nitrogen and oxygen atoms in total. The van der Waals surface area contributed by atoms with E-state index in [0.717, 1.165) is 0 Å². The van der Waals surface area contributed by atoms with Crippen LogP contribution >= 0.6 is 0 Å². The summed E-state index contributed by atoms with van der Waals surface area (Å²) in [5.41, 5.74) is 3.53. The Morgan fingerprint density at radius 1 is 1.18 bits per heavy atom. The number of hydrazone groups is 1. The third-order valence-corrected chi connectivity index (χ3v) is 2.74. The summed E-state index contributed by atoms with van der Waals surface area (Å²) >= 11 is 0. The molecule has 22 heavy (non-hydrogen) atoms. The van der Waals surface area contributed by atoms with Gasteiger partial charge in [-0.15, -0.1) is 0 Å². The first-order valence-electron chi connectivity index (χ1n) is 6.91. The molecule has 2 aromatic rings. The molecule has 0 bridgehead atoms. The zero-order valence-corrected chi connectivity index (χ0v) is 12.4. The molecule has 0 atom stereocenters. The fourth-order valence-corrected chi connectivity index (χ4v) is 1.79. The highest BCUT2D eigenvalue weighted by Gasteiger charge is 2.12. The van der Waals surface area contributed by atoms with Crippen molar-refractivity contribution in [1.29, 1.82) is 0 Å². The molecule has 0 unspecified atom stereocenters. The van der Waals surface area contributed by atoms with Crippen molar-refractivity contribution >= 4 is 12.1 Å². The van der Waals surface area contributed by atoms with Crippen LogP contribution in [0.4, 0.5) is 4.39 Å². The standard InChI is InChI=1S/C17H17FN2O2/c1-12(2)22-16-6-4-3-5-15(16)17(21)20-19-11-13-7-9-14(18)10-8-13/h3-12H,1-2H3,(H,20,21)/b19-11-. The highest BCUT2D eigenvalue weighted by atomic mass is 19.1. The van der Waals surface area contributed by atoms with E-state index < -0.39 is 0 Å². The van der Waals surface area contributed by atoms with Crippen LogP contribution in [0.3, 0.4) is 0 Å². The largest absolute Gasteiger partial charge is 0.490 e. The maximum Gasteiger partial charge on any atom is 0.275 e. The Balaban J connectivity index is 2.04. The number of nitrogens with one attached hydrogen (secondary N) is 1. The summed E-state index contributed by atoms with van der Waals surface area (Å²) in [6.45, 7) is 3.78. The van der Waals surface area contributed by atoms with Gasteiger partial charge in [0.2, 0.25) is 0 Å². The highest BCUT2D eigenvalue weighted by Crippen LogP contribution is 2.19. The fraction of sp³-hybridized carbons (Fsp3) is 0.176. The number of benzene rings is 2. The molecular weight excluding hydrogens is 283 g/mol. The van der Waals surface area contributed by atoms with Crippen LogP contribution in [0.5, 0.6) is 5.75 Å². The molecule has 0 spiro atoms. The maximum absolute atomic E-state index is 12.8. The Hall–Kier alpha value is -2.69. The highest BCUT2D eigenvalue weighted by molar-refractivity contribution is 5.97. The van der Waals surface area contributed by atoms with Gasteiger partial charge in [-0.05, 0) is 43.7 Å². The average Bonchev–Trinajstić information content (AvgIpc) is 2.49. The molecule has 114 valence electrons. The molecule has 0 aliphatic rings. The number of halogens is 1. The lowest BCUT2D eigenvalue weighted by molar-refractivity contribution is 0.0949. The van der Waals surface area contributed by atoms with Crippen LogP contribution in [0, 0.1) is 5.82 Å². The number of hydrogen-bond acceptors (Lipinski definition) is 3. The molecule has 1 amide bonds. The number of para-hydroxylation sites is 1. The van der Waals surface area contributed by atoms with Crippen molar-refractivity contribution < 1.29 is 13.9 Å². The average molecular weight is 300 g/mol. The zero-order valence-electron chi connectivity index (χ0n) is 12.4. The molecule has 5 heteroatoms. The minimum Gasteiger partial charge on any atom is -0.490 e. The van der Waals surface area contributed by atoms with Gasteiger partial charge in [0, 0.05) is 0 Å². The van der Waals surface area contributed by atoms with Crippen molar-refractivity contribution in [3.8, 4) is 5.75 Å². The zero-order chi connectivity index (χ0) is 15.9. The smallest absolute Gasteiger partial charge is 0.275 e. The summed E-state index contributed by atoms with van der Waals surface area (Å²) in [5, 5.41) is 3.87. The van der Waals surface area contributed by atoms with Gasteiger partial charge in [-0.25, -0.2) is 9.82 Å². The van der Waals surface area contributed by atoms with Crippen LogP contribution in [-0.4, -0.2) is 18.2 Å². The van der Waals surface area contributed by atoms with Crippen molar-refractivity contribution in [1.82, 2.24) is 5.43 Å². The fourth-order valence-electron chi connectivity index (χ4n) is 1.79. The third kappa shape index (κ3) is 4.41. The Bertz CT molecular complexity index is 667. The molecule has 0 aliphatic heterocycles. The molecule has 0 aliphatic carbocycles. The number of carbonyl (C=O) groups is 1. The van der Waals surface area contributed by atoms with Crippen LogP contribution in [0.25, 0.3) is 0 Å². The van der Waals surface area contributed by atoms with Gasteiger partial charge in [-0.2, -0.15) is 5.10 Å². The Labute approximate surface area is 128 Å². The summed E-state index contributed by atoms with van der Waals surface area (Å²) in [5.74, 6) is -0.178. The van der Waals surface area contributed by atoms with Crippen molar-refractivity contribution in [2.75, 3.05) is 0 Å². The molecule has 2 aromatic carbocycles. The molecule has 0 radical (unpaired) electrons. The van der Waals surface area contributed by atoms with Gasteiger partial charge in [0.15, 0.2) is 0 Å². The normalized spacial score (nSPS) is 10.9. The third-order valence-electron chi connectivity index (χ3n) is 2.74. The molecule has 1 N–H and O–H groups in total. The number of ether oxygens (including phenoxy) is 1. The van der Waals surface area contributed by atoms with Gasteiger partial charge in [-0.3, -0.25) is 4.79 Å². The minimum absolute atomic E-state index is 0.0309. The van der Waals surface area contributed by atoms with Gasteiger partial charge in [-0.1, -0.05) is 24.3 Å². The number of amides is 1. The molecule has 0 fully saturated rings. The van der Waals surface area contributed by atoms with Gasteiger partial charge < -0.3 is 4.74 Å². The van der Waals surface area contributed by atoms with E-state index in [-0.39, 0.29) is 17.8 Å². The topological polar surface area (TPSA) is 50.7 Å². The Morgan fingerprint density at radius 2 is 1.86 bits per heavy atom. The van der Waals surface area contributed by atoms with Crippen LogP contribution in [0.15, 0.2) is 53.6 Å². The van der Waals surface area contributed by atoms with E-state index in [2.05, 4.69) is 10.5 Å². The van der Waals surface area contributed by atoms with E-state index >= 15 is 0 Å². The van der Waals surface area contributed by atoms with Gasteiger partial charge >= 0.3 is 0 Å². The monoisotopic (exact) mass is 300 g/mol. The molecule has 0 saturated carbocycles. The van der Waals surface area contributed by atoms with Crippen LogP contribution in [0.2, 0.25) is 0 Å². The lowest BCUT2D eigenvalue weighted by atomic mass is 10.2. The van der Waals surface area contributed by atoms with Gasteiger partial charge in [0.1, 0.15) is 11.6 Å². The first-order valence-corrected chi connectivity index (χ1v) is 6.91. The van der Waals surface area contributed by atoms with E-state index in [0.29, 0.717) is 16.9 Å². The first kappa shape index (κ1) is 15.7. The van der Waals surface area contributed by atoms with E-state index in [1.807, 2.05) is 13.8 Å². The SMILES string of the molecule is CC(C)Oc1ccccc1C(=O)N/N=C\c1ccc(F)cc1. The number of carbonyl (C=O) groups excluding carboxylic acids is 1. The predicted octanol–water partition coefficient (Wildman–Crippen LogP) is 3.38. The summed E-state index contributed by atoms with van der Waals surface area (Å²) in [4.78, 5) is 12.1. The number of hydrogen-bond donors (Lipinski definition) is 1. The second kappa shape index (κ2) is 7.36. The Morgan fingerprint density at radius 3 is 2.55 bits per heavy atom. The predicted molar refractivity (Wildman–Crippen MR) is 83.7 cm³/mol. The van der Waals surface area contributed by atoms with E-state index in [9.17, 15) is 9.18 Å². The number of nitrogens with zero attached hydrogens (tertiary/aromatic N) is 1. The maximum atomic E-state index is 12.8. The van der Waals surface area contributed by atoms with Crippen molar-refractivity contribution in [3.63, 3.8) is 0 Å². The van der Waals surface area contributed by atoms with Crippen molar-refractivity contribution in [3.05, 3.63) is 65.5 Å². The molecule has 2 rings (SSSR count). The summed E-state index contributed by atoms with van der Waals surface area (Å²) < 4.78 is 18.4. The van der Waals surface area contributed by atoms with Crippen LogP contribution in [0.1, 0.15) is 29.8 Å². The summed E-state index contributed by atoms with van der Waals surface area (Å²) in [6, 6.07) is 12.8. The quantitative estimate of drug-likeness (QED) is 0.680. The lowest BCUT2D eigenvalue weighted by Crippen LogP contribution is -2.19. The van der Waals surface area contributed by atoms with Gasteiger partial charge in [0.05, 0.1) is 17.9 Å². The van der Waals surface area contributed by atoms with Crippen molar-refractivity contribution in [2.24, 2.45) is 5.10 Å². The summed E-state index contributed by atoms with van der Waals surface area (Å²) in [6.07, 6.45) is 1.42. The van der Waals surface area contributed by atoms with Crippen LogP contribution < -0.4 is 10.2 Å². The van der Waals surface area contributed by atoms with Crippen molar-refractivity contribution in [2.45, 2.75) is 20.0 Å². The lowest BCUT2D eigenvalue weighted by Gasteiger charge is -2.12. The molecule has 0 saturated heterocycles. The van der Waals surface area contributed by atoms with E-state index in [4.69, 9.17) is 4.74 Å². The molecule has 0 heterocycles. The van der Waals surface area contributed by atoms with Crippen LogP contribution in [-0.2, 0) is 0 Å². The Kier molecular flexibility index (Phi) is 5.25. The summed E-state index contributed by atoms with van der Waals surface area (Å²) in [7, 11) is 0. The molecule has 0 aromatic heterocycles. The second-order valence-corrected chi connectivity index (χ2v) is 4.91. The van der Waals surface area contributed by atoms with Gasteiger partial charge in [0.25, 0.3) is 5.91 Å².